The van der Waals surface area contributed by atoms with Gasteiger partial charge in [0.25, 0.3) is 5.56 Å². The maximum atomic E-state index is 12.8. The van der Waals surface area contributed by atoms with Crippen LogP contribution in [-0.2, 0) is 6.54 Å². The van der Waals surface area contributed by atoms with Crippen molar-refractivity contribution in [3.8, 4) is 11.3 Å². The SMILES string of the molecule is CC(c1nc2scc(-c3ccco3)c2c(=O)[nH]1)N(C)Cc1ccc(Cl)cc1Cl. The second-order valence-electron chi connectivity index (χ2n) is 6.58. The first-order chi connectivity index (χ1) is 13.4. The lowest BCUT2D eigenvalue weighted by Gasteiger charge is -2.24. The molecule has 0 aliphatic rings. The van der Waals surface area contributed by atoms with Crippen molar-refractivity contribution >= 4 is 44.8 Å². The summed E-state index contributed by atoms with van der Waals surface area (Å²) in [6.07, 6.45) is 1.59. The lowest BCUT2D eigenvalue weighted by molar-refractivity contribution is 0.244. The second kappa shape index (κ2) is 7.72. The number of nitrogens with one attached hydrogen (secondary N) is 1. The van der Waals surface area contributed by atoms with Crippen LogP contribution in [0.3, 0.4) is 0 Å². The van der Waals surface area contributed by atoms with Crippen molar-refractivity contribution in [2.75, 3.05) is 7.05 Å². The van der Waals surface area contributed by atoms with Crippen LogP contribution in [0.2, 0.25) is 10.0 Å². The fourth-order valence-electron chi connectivity index (χ4n) is 3.04. The van der Waals surface area contributed by atoms with Crippen molar-refractivity contribution in [1.82, 2.24) is 14.9 Å². The zero-order valence-electron chi connectivity index (χ0n) is 15.2. The van der Waals surface area contributed by atoms with Gasteiger partial charge < -0.3 is 9.40 Å². The molecule has 28 heavy (non-hydrogen) atoms. The van der Waals surface area contributed by atoms with E-state index in [2.05, 4.69) is 9.88 Å². The number of furan rings is 1. The number of thiophene rings is 1. The van der Waals surface area contributed by atoms with Gasteiger partial charge in [0.1, 0.15) is 16.4 Å². The topological polar surface area (TPSA) is 62.1 Å². The average molecular weight is 434 g/mol. The van der Waals surface area contributed by atoms with E-state index < -0.39 is 0 Å². The van der Waals surface area contributed by atoms with Gasteiger partial charge in [-0.15, -0.1) is 11.3 Å². The molecule has 0 amide bonds. The van der Waals surface area contributed by atoms with Gasteiger partial charge in [0.05, 0.1) is 17.7 Å². The summed E-state index contributed by atoms with van der Waals surface area (Å²) in [5, 5.41) is 3.67. The van der Waals surface area contributed by atoms with Crippen LogP contribution in [0.4, 0.5) is 0 Å². The summed E-state index contributed by atoms with van der Waals surface area (Å²) < 4.78 is 5.44. The number of fused-ring (bicyclic) bond motifs is 1. The molecule has 4 aromatic rings. The Morgan fingerprint density at radius 2 is 2.14 bits per heavy atom. The van der Waals surface area contributed by atoms with Crippen molar-refractivity contribution in [1.29, 1.82) is 0 Å². The predicted molar refractivity (Wildman–Crippen MR) is 114 cm³/mol. The van der Waals surface area contributed by atoms with Gasteiger partial charge in [-0.05, 0) is 43.8 Å². The van der Waals surface area contributed by atoms with Gasteiger partial charge in [0, 0.05) is 27.5 Å². The second-order valence-corrected chi connectivity index (χ2v) is 8.29. The Morgan fingerprint density at radius 1 is 1.32 bits per heavy atom. The number of hydrogen-bond donors (Lipinski definition) is 1. The maximum absolute atomic E-state index is 12.8. The highest BCUT2D eigenvalue weighted by Crippen LogP contribution is 2.32. The van der Waals surface area contributed by atoms with Crippen molar-refractivity contribution < 1.29 is 4.42 Å². The number of halogens is 2. The Kier molecular flexibility index (Phi) is 5.29. The third kappa shape index (κ3) is 3.61. The summed E-state index contributed by atoms with van der Waals surface area (Å²) in [7, 11) is 1.96. The lowest BCUT2D eigenvalue weighted by atomic mass is 10.1. The first-order valence-electron chi connectivity index (χ1n) is 8.63. The molecule has 1 aromatic carbocycles. The van der Waals surface area contributed by atoms with E-state index in [0.717, 1.165) is 11.1 Å². The zero-order chi connectivity index (χ0) is 19.8. The largest absolute Gasteiger partial charge is 0.464 e. The van der Waals surface area contributed by atoms with E-state index in [4.69, 9.17) is 32.6 Å². The summed E-state index contributed by atoms with van der Waals surface area (Å²) in [6.45, 7) is 2.59. The van der Waals surface area contributed by atoms with E-state index in [-0.39, 0.29) is 11.6 Å². The molecule has 0 fully saturated rings. The van der Waals surface area contributed by atoms with Crippen LogP contribution in [-0.4, -0.2) is 21.9 Å². The molecule has 0 saturated carbocycles. The van der Waals surface area contributed by atoms with Gasteiger partial charge in [-0.2, -0.15) is 0 Å². The molecular formula is C20H17Cl2N3O2S. The van der Waals surface area contributed by atoms with E-state index in [1.165, 1.54) is 11.3 Å². The number of aromatic amines is 1. The first kappa shape index (κ1) is 19.2. The minimum absolute atomic E-state index is 0.113. The third-order valence-electron chi connectivity index (χ3n) is 4.74. The molecule has 0 bridgehead atoms. The van der Waals surface area contributed by atoms with Gasteiger partial charge in [0.15, 0.2) is 0 Å². The van der Waals surface area contributed by atoms with Gasteiger partial charge >= 0.3 is 0 Å². The normalized spacial score (nSPS) is 12.8. The van der Waals surface area contributed by atoms with E-state index in [0.29, 0.717) is 38.4 Å². The molecule has 3 heterocycles. The third-order valence-corrected chi connectivity index (χ3v) is 6.20. The Balaban J connectivity index is 1.64. The van der Waals surface area contributed by atoms with Crippen LogP contribution < -0.4 is 5.56 Å². The molecule has 3 aromatic heterocycles. The van der Waals surface area contributed by atoms with Gasteiger partial charge in [-0.25, -0.2) is 4.98 Å². The van der Waals surface area contributed by atoms with Crippen LogP contribution >= 0.6 is 34.5 Å². The smallest absolute Gasteiger partial charge is 0.260 e. The van der Waals surface area contributed by atoms with Crippen molar-refractivity contribution in [2.24, 2.45) is 0 Å². The fourth-order valence-corrected chi connectivity index (χ4v) is 4.44. The highest BCUT2D eigenvalue weighted by atomic mass is 35.5. The maximum Gasteiger partial charge on any atom is 0.260 e. The lowest BCUT2D eigenvalue weighted by Crippen LogP contribution is -2.26. The highest BCUT2D eigenvalue weighted by molar-refractivity contribution is 7.17. The first-order valence-corrected chi connectivity index (χ1v) is 10.3. The zero-order valence-corrected chi connectivity index (χ0v) is 17.5. The molecular weight excluding hydrogens is 417 g/mol. The standard InChI is InChI=1S/C20H17Cl2N3O2S/c1-11(25(2)9-12-5-6-13(21)8-15(12)22)18-23-19(26)17-14(10-28-20(17)24-18)16-4-3-7-27-16/h3-8,10-11H,9H2,1-2H3,(H,23,24,26). The fraction of sp³-hybridized carbons (Fsp3) is 0.200. The molecule has 1 N–H and O–H groups in total. The van der Waals surface area contributed by atoms with Crippen LogP contribution in [0.25, 0.3) is 21.5 Å². The highest BCUT2D eigenvalue weighted by Gasteiger charge is 2.20. The number of benzene rings is 1. The summed E-state index contributed by atoms with van der Waals surface area (Å²) in [5.74, 6) is 1.27. The molecule has 0 saturated heterocycles. The Bertz CT molecular complexity index is 1180. The summed E-state index contributed by atoms with van der Waals surface area (Å²) >= 11 is 13.7. The Labute approximate surface area is 175 Å². The quantitative estimate of drug-likeness (QED) is 0.435. The Morgan fingerprint density at radius 3 is 2.86 bits per heavy atom. The van der Waals surface area contributed by atoms with E-state index in [1.54, 1.807) is 18.4 Å². The van der Waals surface area contributed by atoms with Crippen molar-refractivity contribution in [3.63, 3.8) is 0 Å². The molecule has 8 heteroatoms. The molecule has 144 valence electrons. The molecule has 5 nitrogen and oxygen atoms in total. The van der Waals surface area contributed by atoms with E-state index in [9.17, 15) is 4.79 Å². The molecule has 4 rings (SSSR count). The minimum atomic E-state index is -0.169. The summed E-state index contributed by atoms with van der Waals surface area (Å²) in [5.41, 5.74) is 1.55. The van der Waals surface area contributed by atoms with E-state index in [1.807, 2.05) is 37.6 Å². The van der Waals surface area contributed by atoms with Gasteiger partial charge in [-0.3, -0.25) is 9.69 Å². The number of nitrogens with zero attached hydrogens (tertiary/aromatic N) is 2. The van der Waals surface area contributed by atoms with Crippen LogP contribution in [0.1, 0.15) is 24.4 Å². The minimum Gasteiger partial charge on any atom is -0.464 e. The molecule has 0 aliphatic heterocycles. The average Bonchev–Trinajstić information content (AvgIpc) is 3.32. The number of aromatic nitrogens is 2. The number of H-pyrrole nitrogens is 1. The van der Waals surface area contributed by atoms with Crippen LogP contribution in [0.15, 0.2) is 51.2 Å². The van der Waals surface area contributed by atoms with Gasteiger partial charge in [-0.1, -0.05) is 29.3 Å². The van der Waals surface area contributed by atoms with E-state index >= 15 is 0 Å². The molecule has 0 spiro atoms. The van der Waals surface area contributed by atoms with Crippen LogP contribution in [0.5, 0.6) is 0 Å². The molecule has 0 radical (unpaired) electrons. The van der Waals surface area contributed by atoms with Crippen molar-refractivity contribution in [2.45, 2.75) is 19.5 Å². The Hall–Kier alpha value is -2.12. The molecule has 1 unspecified atom stereocenters. The number of rotatable bonds is 5. The predicted octanol–water partition coefficient (Wildman–Crippen LogP) is 5.74. The number of hydrogen-bond acceptors (Lipinski definition) is 5. The summed E-state index contributed by atoms with van der Waals surface area (Å²) in [4.78, 5) is 23.2. The molecule has 0 aliphatic carbocycles. The van der Waals surface area contributed by atoms with Crippen molar-refractivity contribution in [3.05, 3.63) is 73.8 Å². The summed E-state index contributed by atoms with van der Waals surface area (Å²) in [6, 6.07) is 8.97. The monoisotopic (exact) mass is 433 g/mol. The molecule has 1 atom stereocenters. The van der Waals surface area contributed by atoms with Gasteiger partial charge in [0.2, 0.25) is 0 Å². The van der Waals surface area contributed by atoms with Crippen LogP contribution in [0, 0.1) is 0 Å².